The number of benzene rings is 1. The number of para-hydroxylation sites is 1. The summed E-state index contributed by atoms with van der Waals surface area (Å²) in [5.74, 6) is 0. The number of hydrogen-bond acceptors (Lipinski definition) is 11. The normalized spacial score (nSPS) is 30.0. The van der Waals surface area contributed by atoms with Crippen molar-refractivity contribution < 1.29 is 45.2 Å². The molecule has 3 rings (SSSR count). The van der Waals surface area contributed by atoms with E-state index in [9.17, 15) is 30.6 Å². The third kappa shape index (κ3) is 4.83. The topological polar surface area (TPSA) is 191 Å². The van der Waals surface area contributed by atoms with Crippen LogP contribution in [0.15, 0.2) is 36.5 Å². The lowest BCUT2D eigenvalue weighted by Crippen LogP contribution is -2.59. The van der Waals surface area contributed by atoms with Crippen LogP contribution in [-0.4, -0.2) is 107 Å². The Morgan fingerprint density at radius 2 is 1.73 bits per heavy atom. The second-order valence-electron chi connectivity index (χ2n) is 6.93. The van der Waals surface area contributed by atoms with Crippen molar-refractivity contribution in [2.24, 2.45) is 0 Å². The third-order valence-corrected chi connectivity index (χ3v) is 4.80. The molecule has 8 atom stereocenters. The first-order valence-corrected chi connectivity index (χ1v) is 9.27. The van der Waals surface area contributed by atoms with Crippen molar-refractivity contribution in [1.29, 1.82) is 0 Å². The lowest BCUT2D eigenvalue weighted by molar-refractivity contribution is -0.306. The van der Waals surface area contributed by atoms with Gasteiger partial charge in [0.2, 0.25) is 0 Å². The number of aliphatic hydroxyl groups excluding tert-OH is 7. The standard InChI is InChI=1S/C18H25N3O9/c22-7-12-15(26)16(27)17(28)18(30-12)29-8-11(23)14(25)13(24)10-6-19-21(20-10)9-4-2-1-3-5-9/h1-6,11-18,22-28H,7-8H2/t11-,12+,13+,14+,15-,16-,17-,18+/m1/s1. The van der Waals surface area contributed by atoms with E-state index in [1.807, 2.05) is 6.07 Å². The quantitative estimate of drug-likeness (QED) is 0.225. The van der Waals surface area contributed by atoms with Gasteiger partial charge in [0, 0.05) is 0 Å². The number of ether oxygens (including phenoxy) is 2. The third-order valence-electron chi connectivity index (χ3n) is 4.80. The highest BCUT2D eigenvalue weighted by Gasteiger charge is 2.44. The molecule has 0 radical (unpaired) electrons. The Morgan fingerprint density at radius 3 is 2.40 bits per heavy atom. The number of aliphatic hydroxyl groups is 7. The van der Waals surface area contributed by atoms with Crippen LogP contribution in [0.1, 0.15) is 11.8 Å². The van der Waals surface area contributed by atoms with Crippen LogP contribution >= 0.6 is 0 Å². The predicted octanol–water partition coefficient (Wildman–Crippen LogP) is -3.16. The second kappa shape index (κ2) is 9.87. The van der Waals surface area contributed by atoms with E-state index in [1.54, 1.807) is 24.3 Å². The fraction of sp³-hybridized carbons (Fsp3) is 0.556. The maximum Gasteiger partial charge on any atom is 0.186 e. The average Bonchev–Trinajstić information content (AvgIpc) is 3.26. The molecule has 1 aromatic carbocycles. The van der Waals surface area contributed by atoms with E-state index in [-0.39, 0.29) is 5.69 Å². The Hall–Kier alpha value is -2.00. The lowest BCUT2D eigenvalue weighted by atomic mass is 9.99. The highest BCUT2D eigenvalue weighted by molar-refractivity contribution is 5.28. The summed E-state index contributed by atoms with van der Waals surface area (Å²) in [6.45, 7) is -1.22. The molecule has 12 heteroatoms. The average molecular weight is 427 g/mol. The van der Waals surface area contributed by atoms with Crippen LogP contribution in [0.25, 0.3) is 5.69 Å². The van der Waals surface area contributed by atoms with Crippen LogP contribution in [0.3, 0.4) is 0 Å². The molecule has 0 amide bonds. The number of hydrogen-bond donors (Lipinski definition) is 7. The number of rotatable bonds is 8. The van der Waals surface area contributed by atoms with Gasteiger partial charge in [0.1, 0.15) is 48.4 Å². The highest BCUT2D eigenvalue weighted by atomic mass is 16.7. The summed E-state index contributed by atoms with van der Waals surface area (Å²) in [5.41, 5.74) is 0.648. The monoisotopic (exact) mass is 427 g/mol. The first-order chi connectivity index (χ1) is 14.3. The van der Waals surface area contributed by atoms with Crippen molar-refractivity contribution in [3.8, 4) is 5.69 Å². The molecule has 1 aliphatic rings. The zero-order chi connectivity index (χ0) is 21.8. The van der Waals surface area contributed by atoms with Gasteiger partial charge in [0.25, 0.3) is 0 Å². The molecule has 166 valence electrons. The van der Waals surface area contributed by atoms with Crippen molar-refractivity contribution in [3.05, 3.63) is 42.2 Å². The van der Waals surface area contributed by atoms with E-state index in [4.69, 9.17) is 14.6 Å². The van der Waals surface area contributed by atoms with Crippen molar-refractivity contribution in [2.45, 2.75) is 49.0 Å². The van der Waals surface area contributed by atoms with Gasteiger partial charge in [-0.15, -0.1) is 0 Å². The van der Waals surface area contributed by atoms with Crippen LogP contribution in [0.5, 0.6) is 0 Å². The van der Waals surface area contributed by atoms with Crippen LogP contribution in [0.2, 0.25) is 0 Å². The summed E-state index contributed by atoms with van der Waals surface area (Å²) in [6, 6.07) is 8.87. The zero-order valence-corrected chi connectivity index (χ0v) is 15.8. The second-order valence-corrected chi connectivity index (χ2v) is 6.93. The van der Waals surface area contributed by atoms with Crippen LogP contribution < -0.4 is 0 Å². The Labute approximate surface area is 171 Å². The van der Waals surface area contributed by atoms with Crippen LogP contribution in [0, 0.1) is 0 Å². The van der Waals surface area contributed by atoms with Gasteiger partial charge in [-0.2, -0.15) is 15.0 Å². The molecule has 30 heavy (non-hydrogen) atoms. The summed E-state index contributed by atoms with van der Waals surface area (Å²) in [7, 11) is 0. The van der Waals surface area contributed by atoms with Gasteiger partial charge in [-0.25, -0.2) is 0 Å². The minimum atomic E-state index is -1.71. The van der Waals surface area contributed by atoms with Crippen molar-refractivity contribution in [2.75, 3.05) is 13.2 Å². The molecular weight excluding hydrogens is 402 g/mol. The maximum atomic E-state index is 10.3. The van der Waals surface area contributed by atoms with Crippen molar-refractivity contribution >= 4 is 0 Å². The Balaban J connectivity index is 1.58. The number of nitrogens with zero attached hydrogens (tertiary/aromatic N) is 3. The largest absolute Gasteiger partial charge is 0.394 e. The van der Waals surface area contributed by atoms with Crippen LogP contribution in [0.4, 0.5) is 0 Å². The van der Waals surface area contributed by atoms with Gasteiger partial charge >= 0.3 is 0 Å². The summed E-state index contributed by atoms with van der Waals surface area (Å²) in [6.07, 6.45) is -11.2. The first-order valence-electron chi connectivity index (χ1n) is 9.27. The Kier molecular flexibility index (Phi) is 7.46. The molecular formula is C18H25N3O9. The molecule has 0 saturated carbocycles. The van der Waals surface area contributed by atoms with Crippen LogP contribution in [-0.2, 0) is 9.47 Å². The molecule has 12 nitrogen and oxygen atoms in total. The van der Waals surface area contributed by atoms with E-state index in [0.29, 0.717) is 5.69 Å². The van der Waals surface area contributed by atoms with E-state index in [1.165, 1.54) is 11.0 Å². The predicted molar refractivity (Wildman–Crippen MR) is 98.1 cm³/mol. The molecule has 0 unspecified atom stereocenters. The summed E-state index contributed by atoms with van der Waals surface area (Å²) in [5, 5.41) is 77.3. The smallest absolute Gasteiger partial charge is 0.186 e. The highest BCUT2D eigenvalue weighted by Crippen LogP contribution is 2.23. The van der Waals surface area contributed by atoms with E-state index >= 15 is 0 Å². The Morgan fingerprint density at radius 1 is 1.03 bits per heavy atom. The Bertz CT molecular complexity index is 790. The molecule has 1 aliphatic heterocycles. The van der Waals surface area contributed by atoms with Gasteiger partial charge in [-0.1, -0.05) is 18.2 Å². The minimum absolute atomic E-state index is 0.0123. The molecule has 0 bridgehead atoms. The molecule has 2 aromatic rings. The van der Waals surface area contributed by atoms with Gasteiger partial charge in [0.15, 0.2) is 6.29 Å². The molecule has 0 aliphatic carbocycles. The number of aromatic nitrogens is 3. The fourth-order valence-corrected chi connectivity index (χ4v) is 2.98. The lowest BCUT2D eigenvalue weighted by Gasteiger charge is -2.40. The molecule has 1 fully saturated rings. The first kappa shape index (κ1) is 22.7. The zero-order valence-electron chi connectivity index (χ0n) is 15.8. The summed E-state index contributed by atoms with van der Waals surface area (Å²) < 4.78 is 10.3. The van der Waals surface area contributed by atoms with Gasteiger partial charge in [-0.05, 0) is 12.1 Å². The fourth-order valence-electron chi connectivity index (χ4n) is 2.98. The van der Waals surface area contributed by atoms with Gasteiger partial charge in [-0.3, -0.25) is 0 Å². The van der Waals surface area contributed by atoms with E-state index < -0.39 is 62.2 Å². The van der Waals surface area contributed by atoms with E-state index in [0.717, 1.165) is 0 Å². The van der Waals surface area contributed by atoms with E-state index in [2.05, 4.69) is 10.2 Å². The molecule has 0 spiro atoms. The molecule has 1 saturated heterocycles. The summed E-state index contributed by atoms with van der Waals surface area (Å²) >= 11 is 0. The maximum absolute atomic E-state index is 10.3. The van der Waals surface area contributed by atoms with Crippen molar-refractivity contribution in [3.63, 3.8) is 0 Å². The SMILES string of the molecule is OC[C@@H]1O[C@H](OC[C@@H](O)[C@H](O)[C@@H](O)c2cnn(-c3ccccc3)n2)[C@H](O)[C@H](O)[C@@H]1O. The van der Waals surface area contributed by atoms with Gasteiger partial charge in [0.05, 0.1) is 25.1 Å². The molecule has 7 N–H and O–H groups in total. The van der Waals surface area contributed by atoms with Gasteiger partial charge < -0.3 is 45.2 Å². The molecule has 1 aromatic heterocycles. The van der Waals surface area contributed by atoms with Crippen molar-refractivity contribution in [1.82, 2.24) is 15.0 Å². The molecule has 2 heterocycles. The summed E-state index contributed by atoms with van der Waals surface area (Å²) in [4.78, 5) is 1.25. The minimum Gasteiger partial charge on any atom is -0.394 e.